The van der Waals surface area contributed by atoms with Crippen LogP contribution in [-0.2, 0) is 38.0 Å². The molecule has 10 nitrogen and oxygen atoms in total. The van der Waals surface area contributed by atoms with Crippen molar-refractivity contribution in [3.8, 4) is 6.01 Å². The molecular formula is C36H47ClN8O2. The van der Waals surface area contributed by atoms with Crippen molar-refractivity contribution in [3.05, 3.63) is 63.1 Å². The van der Waals surface area contributed by atoms with Gasteiger partial charge in [0.1, 0.15) is 12.4 Å². The summed E-state index contributed by atoms with van der Waals surface area (Å²) < 4.78 is 8.62. The Morgan fingerprint density at radius 1 is 1.09 bits per heavy atom. The number of hydrogen-bond acceptors (Lipinski definition) is 8. The Morgan fingerprint density at radius 3 is 2.79 bits per heavy atom. The van der Waals surface area contributed by atoms with E-state index in [2.05, 4.69) is 58.0 Å². The standard InChI is InChI=1S/C36H47ClN8O2/c1-24-18-35(13-8-16-44(35)20-24)23-47-34-38-28-19-36(14-7-11-25-10-5-6-12-27(25)36)42(4)21-26(28)32(39-34)43-15-9-17-45-29(22-43)30(37)31(40-45)33(46)41(2)3/h5-6,10,12,24H,7-9,11,13-23H2,1-4H3/t24-,35+,36-/m1/s1. The average molecular weight is 659 g/mol. The highest BCUT2D eigenvalue weighted by molar-refractivity contribution is 6.34. The van der Waals surface area contributed by atoms with Crippen molar-refractivity contribution in [2.24, 2.45) is 5.92 Å². The molecule has 2 saturated heterocycles. The highest BCUT2D eigenvalue weighted by Gasteiger charge is 2.48. The molecule has 4 aliphatic heterocycles. The second-order valence-electron chi connectivity index (χ2n) is 15.0. The Hall–Kier alpha value is -3.21. The van der Waals surface area contributed by atoms with Crippen LogP contribution < -0.4 is 9.64 Å². The summed E-state index contributed by atoms with van der Waals surface area (Å²) in [7, 11) is 5.73. The number of nitrogens with zero attached hydrogens (tertiary/aromatic N) is 8. The molecule has 8 rings (SSSR count). The fourth-order valence-electron chi connectivity index (χ4n) is 9.44. The van der Waals surface area contributed by atoms with Gasteiger partial charge in [0, 0.05) is 52.3 Å². The molecule has 3 aromatic rings. The Balaban J connectivity index is 1.19. The molecule has 1 aromatic carbocycles. The number of likely N-dealkylation sites (N-methyl/N-ethyl adjacent to an activating group) is 1. The molecule has 5 aliphatic rings. The molecule has 11 heteroatoms. The summed E-state index contributed by atoms with van der Waals surface area (Å²) in [6.07, 6.45) is 8.63. The first-order valence-electron chi connectivity index (χ1n) is 17.5. The van der Waals surface area contributed by atoms with E-state index in [0.29, 0.717) is 42.3 Å². The quantitative estimate of drug-likeness (QED) is 0.383. The molecule has 1 amide bonds. The number of benzene rings is 1. The molecule has 3 atom stereocenters. The van der Waals surface area contributed by atoms with Crippen LogP contribution in [0.25, 0.3) is 0 Å². The monoisotopic (exact) mass is 658 g/mol. The van der Waals surface area contributed by atoms with Crippen molar-refractivity contribution in [2.45, 2.75) is 89.0 Å². The van der Waals surface area contributed by atoms with Gasteiger partial charge in [0.15, 0.2) is 5.69 Å². The molecule has 2 aromatic heterocycles. The molecule has 0 N–H and O–H groups in total. The van der Waals surface area contributed by atoms with Crippen molar-refractivity contribution in [1.82, 2.24) is 34.4 Å². The third-order valence-electron chi connectivity index (χ3n) is 11.7. The van der Waals surface area contributed by atoms with E-state index in [1.54, 1.807) is 14.1 Å². The molecular weight excluding hydrogens is 612 g/mol. The number of carbonyl (C=O) groups excluding carboxylic acids is 1. The van der Waals surface area contributed by atoms with Gasteiger partial charge < -0.3 is 14.5 Å². The molecule has 0 bridgehead atoms. The SMILES string of the molecule is C[C@H]1CN2CCC[C@@]2(COc2nc3c(c(N4CCCn5nc(C(=O)N(C)C)c(Cl)c5C4)n2)CN(C)[C@]2(CCCc4ccccc42)C3)C1. The Kier molecular flexibility index (Phi) is 7.76. The molecule has 0 unspecified atom stereocenters. The van der Waals surface area contributed by atoms with E-state index in [-0.39, 0.29) is 17.0 Å². The van der Waals surface area contributed by atoms with Crippen LogP contribution in [0.1, 0.15) is 84.0 Å². The Morgan fingerprint density at radius 2 is 1.94 bits per heavy atom. The smallest absolute Gasteiger partial charge is 0.318 e. The number of rotatable bonds is 5. The number of hydrogen-bond donors (Lipinski definition) is 0. The number of halogens is 1. The van der Waals surface area contributed by atoms with Crippen LogP contribution in [0.3, 0.4) is 0 Å². The number of fused-ring (bicyclic) bond motifs is 5. The first-order chi connectivity index (χ1) is 22.7. The van der Waals surface area contributed by atoms with E-state index >= 15 is 0 Å². The van der Waals surface area contributed by atoms with Crippen LogP contribution in [0.2, 0.25) is 5.02 Å². The van der Waals surface area contributed by atoms with E-state index in [4.69, 9.17) is 26.3 Å². The van der Waals surface area contributed by atoms with Gasteiger partial charge >= 0.3 is 6.01 Å². The molecule has 1 aliphatic carbocycles. The summed E-state index contributed by atoms with van der Waals surface area (Å²) >= 11 is 6.91. The lowest BCUT2D eigenvalue weighted by Gasteiger charge is -2.49. The first kappa shape index (κ1) is 31.1. The summed E-state index contributed by atoms with van der Waals surface area (Å²) in [5.41, 5.74) is 6.29. The van der Waals surface area contributed by atoms with Crippen LogP contribution in [-0.4, -0.2) is 93.3 Å². The number of ether oxygens (including phenoxy) is 1. The molecule has 2 fully saturated rings. The largest absolute Gasteiger partial charge is 0.461 e. The van der Waals surface area contributed by atoms with Crippen LogP contribution in [0, 0.1) is 5.92 Å². The fourth-order valence-corrected chi connectivity index (χ4v) is 9.72. The number of anilines is 1. The van der Waals surface area contributed by atoms with E-state index in [1.165, 1.54) is 28.9 Å². The Labute approximate surface area is 283 Å². The van der Waals surface area contributed by atoms with Gasteiger partial charge in [-0.15, -0.1) is 0 Å². The zero-order valence-electron chi connectivity index (χ0n) is 28.3. The number of aryl methyl sites for hydroxylation is 2. The van der Waals surface area contributed by atoms with Gasteiger partial charge in [-0.25, -0.2) is 0 Å². The summed E-state index contributed by atoms with van der Waals surface area (Å²) in [6.45, 7) is 8.04. The van der Waals surface area contributed by atoms with Gasteiger partial charge in [0.05, 0.1) is 34.0 Å². The average Bonchev–Trinajstić information content (AvgIpc) is 3.62. The lowest BCUT2D eigenvalue weighted by molar-refractivity contribution is 0.0714. The summed E-state index contributed by atoms with van der Waals surface area (Å²) in [6, 6.07) is 9.46. The Bertz CT molecular complexity index is 1710. The molecule has 1 spiro atoms. The lowest BCUT2D eigenvalue weighted by atomic mass is 9.71. The molecule has 250 valence electrons. The van der Waals surface area contributed by atoms with Crippen molar-refractivity contribution in [1.29, 1.82) is 0 Å². The molecule has 0 radical (unpaired) electrons. The maximum atomic E-state index is 12.9. The minimum Gasteiger partial charge on any atom is -0.461 e. The van der Waals surface area contributed by atoms with E-state index in [1.807, 2.05) is 4.68 Å². The topological polar surface area (TPSA) is 82.9 Å². The number of carbonyl (C=O) groups is 1. The third kappa shape index (κ3) is 5.13. The van der Waals surface area contributed by atoms with Gasteiger partial charge in [0.25, 0.3) is 5.91 Å². The normalized spacial score (nSPS) is 27.3. The van der Waals surface area contributed by atoms with Crippen LogP contribution >= 0.6 is 11.6 Å². The minimum absolute atomic E-state index is 0.0839. The first-order valence-corrected chi connectivity index (χ1v) is 17.8. The zero-order valence-corrected chi connectivity index (χ0v) is 29.0. The van der Waals surface area contributed by atoms with Crippen LogP contribution in [0.15, 0.2) is 24.3 Å². The predicted molar refractivity (Wildman–Crippen MR) is 182 cm³/mol. The maximum absolute atomic E-state index is 12.9. The van der Waals surface area contributed by atoms with Crippen molar-refractivity contribution in [3.63, 3.8) is 0 Å². The second-order valence-corrected chi connectivity index (χ2v) is 15.4. The zero-order chi connectivity index (χ0) is 32.5. The molecule has 6 heterocycles. The minimum atomic E-state index is -0.182. The van der Waals surface area contributed by atoms with Crippen LogP contribution in [0.4, 0.5) is 5.82 Å². The fraction of sp³-hybridized carbons (Fsp3) is 0.611. The third-order valence-corrected chi connectivity index (χ3v) is 12.1. The van der Waals surface area contributed by atoms with E-state index in [0.717, 1.165) is 87.5 Å². The van der Waals surface area contributed by atoms with Gasteiger partial charge in [-0.3, -0.25) is 19.3 Å². The van der Waals surface area contributed by atoms with Gasteiger partial charge in [-0.2, -0.15) is 15.1 Å². The van der Waals surface area contributed by atoms with Crippen molar-refractivity contribution < 1.29 is 9.53 Å². The lowest BCUT2D eigenvalue weighted by Crippen LogP contribution is -2.51. The summed E-state index contributed by atoms with van der Waals surface area (Å²) in [5, 5.41) is 5.09. The van der Waals surface area contributed by atoms with Gasteiger partial charge in [-0.05, 0) is 75.6 Å². The predicted octanol–water partition coefficient (Wildman–Crippen LogP) is 4.91. The van der Waals surface area contributed by atoms with E-state index < -0.39 is 0 Å². The maximum Gasteiger partial charge on any atom is 0.318 e. The van der Waals surface area contributed by atoms with Crippen LogP contribution in [0.5, 0.6) is 6.01 Å². The summed E-state index contributed by atoms with van der Waals surface area (Å²) in [4.78, 5) is 32.4. The summed E-state index contributed by atoms with van der Waals surface area (Å²) in [5.74, 6) is 1.41. The highest BCUT2D eigenvalue weighted by Crippen LogP contribution is 2.48. The van der Waals surface area contributed by atoms with Gasteiger partial charge in [0.2, 0.25) is 0 Å². The number of aromatic nitrogens is 4. The van der Waals surface area contributed by atoms with E-state index in [9.17, 15) is 4.79 Å². The van der Waals surface area contributed by atoms with Crippen molar-refractivity contribution in [2.75, 3.05) is 52.3 Å². The molecule has 47 heavy (non-hydrogen) atoms. The van der Waals surface area contributed by atoms with Gasteiger partial charge in [-0.1, -0.05) is 42.8 Å². The van der Waals surface area contributed by atoms with Crippen molar-refractivity contribution >= 4 is 23.3 Å². The molecule has 0 saturated carbocycles. The highest BCUT2D eigenvalue weighted by atomic mass is 35.5. The second kappa shape index (κ2) is 11.7. The number of amides is 1.